The van der Waals surface area contributed by atoms with Crippen molar-refractivity contribution in [2.45, 2.75) is 6.42 Å². The number of anilines is 1. The summed E-state index contributed by atoms with van der Waals surface area (Å²) in [6.45, 7) is 1.26. The Labute approximate surface area is 149 Å². The quantitative estimate of drug-likeness (QED) is 0.620. The van der Waals surface area contributed by atoms with Crippen LogP contribution in [0, 0.1) is 0 Å². The molecule has 3 rings (SSSR count). The van der Waals surface area contributed by atoms with Crippen molar-refractivity contribution in [1.29, 1.82) is 0 Å². The van der Waals surface area contributed by atoms with Crippen molar-refractivity contribution in [1.82, 2.24) is 14.5 Å². The second-order valence-electron chi connectivity index (χ2n) is 5.65. The molecule has 0 bridgehead atoms. The number of carbonyl (C=O) groups is 1. The normalized spacial score (nSPS) is 10.8. The van der Waals surface area contributed by atoms with Crippen molar-refractivity contribution in [3.63, 3.8) is 0 Å². The van der Waals surface area contributed by atoms with Gasteiger partial charge in [0.2, 0.25) is 11.4 Å². The predicted molar refractivity (Wildman–Crippen MR) is 98.6 cm³/mol. The van der Waals surface area contributed by atoms with E-state index in [2.05, 4.69) is 15.3 Å². The van der Waals surface area contributed by atoms with Crippen LogP contribution in [0.2, 0.25) is 0 Å². The molecule has 0 aliphatic heterocycles. The summed E-state index contributed by atoms with van der Waals surface area (Å²) >= 11 is 0. The van der Waals surface area contributed by atoms with Gasteiger partial charge in [0, 0.05) is 38.3 Å². The molecule has 0 radical (unpaired) electrons. The number of ether oxygens (including phenoxy) is 1. The lowest BCUT2D eigenvalue weighted by Crippen LogP contribution is -2.24. The van der Waals surface area contributed by atoms with Gasteiger partial charge in [0.1, 0.15) is 5.56 Å². The minimum atomic E-state index is -0.789. The van der Waals surface area contributed by atoms with E-state index in [0.29, 0.717) is 24.7 Å². The molecule has 2 heterocycles. The average Bonchev–Trinajstić information content (AvgIpc) is 2.66. The average molecular weight is 353 g/mol. The lowest BCUT2D eigenvalue weighted by Gasteiger charge is -2.13. The smallest absolute Gasteiger partial charge is 0.254 e. The topological polar surface area (TPSA) is 112 Å². The third-order valence-electron chi connectivity index (χ3n) is 3.85. The molecule has 0 saturated carbocycles. The summed E-state index contributed by atoms with van der Waals surface area (Å²) in [5.41, 5.74) is 5.93. The molecule has 8 heteroatoms. The van der Waals surface area contributed by atoms with Crippen LogP contribution in [0.1, 0.15) is 16.8 Å². The van der Waals surface area contributed by atoms with Gasteiger partial charge in [-0.3, -0.25) is 9.59 Å². The zero-order valence-electron chi connectivity index (χ0n) is 14.3. The molecule has 3 N–H and O–H groups in total. The minimum Gasteiger partial charge on any atom is -0.385 e. The van der Waals surface area contributed by atoms with Gasteiger partial charge in [-0.05, 0) is 18.6 Å². The molecule has 26 heavy (non-hydrogen) atoms. The highest BCUT2D eigenvalue weighted by Gasteiger charge is 2.16. The van der Waals surface area contributed by atoms with Crippen LogP contribution in [0.3, 0.4) is 0 Å². The second-order valence-corrected chi connectivity index (χ2v) is 5.65. The van der Waals surface area contributed by atoms with Crippen LogP contribution >= 0.6 is 0 Å². The number of aromatic nitrogens is 3. The molecule has 0 fully saturated rings. The van der Waals surface area contributed by atoms with Crippen LogP contribution in [0.25, 0.3) is 16.7 Å². The summed E-state index contributed by atoms with van der Waals surface area (Å²) in [4.78, 5) is 32.8. The van der Waals surface area contributed by atoms with E-state index in [1.807, 2.05) is 30.3 Å². The van der Waals surface area contributed by atoms with Crippen molar-refractivity contribution in [3.8, 4) is 5.69 Å². The number of hydrogen-bond donors (Lipinski definition) is 2. The van der Waals surface area contributed by atoms with Crippen molar-refractivity contribution in [2.75, 3.05) is 25.6 Å². The summed E-state index contributed by atoms with van der Waals surface area (Å²) in [6.07, 6.45) is 3.63. The molecular weight excluding hydrogens is 334 g/mol. The van der Waals surface area contributed by atoms with Gasteiger partial charge in [-0.15, -0.1) is 0 Å². The number of amides is 1. The Hall–Kier alpha value is -3.26. The molecular formula is C18H19N5O3. The number of primary amides is 1. The summed E-state index contributed by atoms with van der Waals surface area (Å²) in [7, 11) is 1.64. The number of nitrogens with one attached hydrogen (secondary N) is 1. The summed E-state index contributed by atoms with van der Waals surface area (Å²) in [5.74, 6) is -0.396. The summed E-state index contributed by atoms with van der Waals surface area (Å²) in [5, 5.41) is 3.33. The number of hydrogen-bond acceptors (Lipinski definition) is 6. The number of para-hydroxylation sites is 1. The maximum Gasteiger partial charge on any atom is 0.254 e. The number of fused-ring (bicyclic) bond motifs is 1. The Balaban J connectivity index is 2.13. The predicted octanol–water partition coefficient (Wildman–Crippen LogP) is 1.33. The molecule has 0 spiro atoms. The van der Waals surface area contributed by atoms with E-state index in [1.54, 1.807) is 11.7 Å². The van der Waals surface area contributed by atoms with E-state index < -0.39 is 11.3 Å². The highest BCUT2D eigenvalue weighted by Crippen LogP contribution is 2.16. The van der Waals surface area contributed by atoms with E-state index in [-0.39, 0.29) is 10.9 Å². The summed E-state index contributed by atoms with van der Waals surface area (Å²) < 4.78 is 6.67. The zero-order valence-corrected chi connectivity index (χ0v) is 14.3. The highest BCUT2D eigenvalue weighted by atomic mass is 16.5. The molecule has 0 aliphatic carbocycles. The third kappa shape index (κ3) is 3.55. The van der Waals surface area contributed by atoms with E-state index in [4.69, 9.17) is 10.5 Å². The number of methoxy groups -OCH3 is 1. The fraction of sp³-hybridized carbons (Fsp3) is 0.222. The standard InChI is InChI=1S/C18H19N5O3/c1-26-9-5-8-20-18-21-10-13-15(24)14(16(19)25)11-23(17(13)22-18)12-6-3-2-4-7-12/h2-4,6-7,10-11H,5,8-9H2,1H3,(H2,19,25)(H,20,21,22). The first-order valence-corrected chi connectivity index (χ1v) is 8.12. The number of rotatable bonds is 7. The van der Waals surface area contributed by atoms with Gasteiger partial charge in [0.25, 0.3) is 5.91 Å². The Bertz CT molecular complexity index is 985. The van der Waals surface area contributed by atoms with Crippen LogP contribution < -0.4 is 16.5 Å². The van der Waals surface area contributed by atoms with Gasteiger partial charge >= 0.3 is 0 Å². The molecule has 8 nitrogen and oxygen atoms in total. The van der Waals surface area contributed by atoms with Gasteiger partial charge in [-0.1, -0.05) is 18.2 Å². The monoisotopic (exact) mass is 353 g/mol. The van der Waals surface area contributed by atoms with Crippen LogP contribution in [0.15, 0.2) is 47.5 Å². The van der Waals surface area contributed by atoms with Gasteiger partial charge in [0.15, 0.2) is 5.65 Å². The Morgan fingerprint density at radius 2 is 2.08 bits per heavy atom. The molecule has 134 valence electrons. The van der Waals surface area contributed by atoms with Crippen molar-refractivity contribution >= 4 is 22.9 Å². The van der Waals surface area contributed by atoms with Gasteiger partial charge in [-0.25, -0.2) is 4.98 Å². The Morgan fingerprint density at radius 1 is 1.31 bits per heavy atom. The van der Waals surface area contributed by atoms with E-state index in [0.717, 1.165) is 12.1 Å². The van der Waals surface area contributed by atoms with E-state index in [9.17, 15) is 9.59 Å². The molecule has 3 aromatic rings. The first-order chi connectivity index (χ1) is 12.6. The largest absolute Gasteiger partial charge is 0.385 e. The van der Waals surface area contributed by atoms with Gasteiger partial charge in [0.05, 0.1) is 5.39 Å². The maximum atomic E-state index is 12.5. The molecule has 2 aromatic heterocycles. The SMILES string of the molecule is COCCCNc1ncc2c(=O)c(C(N)=O)cn(-c3ccccc3)c2n1. The second kappa shape index (κ2) is 7.75. The minimum absolute atomic E-state index is 0.106. The van der Waals surface area contributed by atoms with Crippen LogP contribution in [-0.4, -0.2) is 40.7 Å². The third-order valence-corrected chi connectivity index (χ3v) is 3.85. The highest BCUT2D eigenvalue weighted by molar-refractivity contribution is 5.96. The van der Waals surface area contributed by atoms with Crippen LogP contribution in [-0.2, 0) is 4.74 Å². The molecule has 0 unspecified atom stereocenters. The van der Waals surface area contributed by atoms with Gasteiger partial charge in [-0.2, -0.15) is 4.98 Å². The maximum absolute atomic E-state index is 12.5. The first kappa shape index (κ1) is 17.6. The zero-order chi connectivity index (χ0) is 18.5. The number of carbonyl (C=O) groups excluding carboxylic acids is 1. The number of nitrogens with two attached hydrogens (primary N) is 1. The summed E-state index contributed by atoms with van der Waals surface area (Å²) in [6, 6.07) is 9.29. The number of benzene rings is 1. The van der Waals surface area contributed by atoms with Crippen LogP contribution in [0.4, 0.5) is 5.95 Å². The fourth-order valence-corrected chi connectivity index (χ4v) is 2.57. The first-order valence-electron chi connectivity index (χ1n) is 8.12. The van der Waals surface area contributed by atoms with E-state index in [1.165, 1.54) is 12.4 Å². The lowest BCUT2D eigenvalue weighted by molar-refractivity contribution is 0.0999. The Morgan fingerprint density at radius 3 is 2.77 bits per heavy atom. The lowest BCUT2D eigenvalue weighted by atomic mass is 10.2. The van der Waals surface area contributed by atoms with Gasteiger partial charge < -0.3 is 20.4 Å². The van der Waals surface area contributed by atoms with Crippen LogP contribution in [0.5, 0.6) is 0 Å². The number of nitrogens with zero attached hydrogens (tertiary/aromatic N) is 3. The molecule has 0 saturated heterocycles. The Kier molecular flexibility index (Phi) is 5.23. The van der Waals surface area contributed by atoms with Crippen molar-refractivity contribution in [3.05, 3.63) is 58.5 Å². The van der Waals surface area contributed by atoms with E-state index >= 15 is 0 Å². The molecule has 1 amide bonds. The molecule has 0 atom stereocenters. The molecule has 0 aliphatic rings. The van der Waals surface area contributed by atoms with Crippen molar-refractivity contribution in [2.24, 2.45) is 5.73 Å². The molecule has 1 aromatic carbocycles. The fourth-order valence-electron chi connectivity index (χ4n) is 2.57. The number of pyridine rings is 1. The van der Waals surface area contributed by atoms with Crippen molar-refractivity contribution < 1.29 is 9.53 Å².